The van der Waals surface area contributed by atoms with Gasteiger partial charge in [-0.15, -0.1) is 0 Å². The second-order valence-electron chi connectivity index (χ2n) is 6.41. The number of para-hydroxylation sites is 1. The molecule has 1 N–H and O–H groups in total. The average molecular weight is 390 g/mol. The molecule has 0 radical (unpaired) electrons. The number of pyridine rings is 1. The van der Waals surface area contributed by atoms with Crippen LogP contribution in [0.25, 0.3) is 16.6 Å². The van der Waals surface area contributed by atoms with Gasteiger partial charge in [-0.25, -0.2) is 9.37 Å². The Bertz CT molecular complexity index is 1120. The first kappa shape index (κ1) is 18.6. The number of hydrogen-bond acceptors (Lipinski definition) is 4. The summed E-state index contributed by atoms with van der Waals surface area (Å²) in [5, 5.41) is 3.88. The molecular weight excluding hydrogens is 371 g/mol. The zero-order valence-corrected chi connectivity index (χ0v) is 15.6. The van der Waals surface area contributed by atoms with Crippen LogP contribution < -0.4 is 10.1 Å². The number of carbonyl (C=O) groups excluding carboxylic acids is 1. The third-order valence-corrected chi connectivity index (χ3v) is 4.44. The SMILES string of the molecule is O=C(NCCCOc1cccc2cccnc12)c1cncn1-c1ccc(F)cc1. The Hall–Kier alpha value is -3.74. The summed E-state index contributed by atoms with van der Waals surface area (Å²) in [5.74, 6) is 0.142. The molecule has 0 spiro atoms. The molecule has 0 aliphatic carbocycles. The van der Waals surface area contributed by atoms with Crippen LogP contribution in [0.4, 0.5) is 4.39 Å². The number of imidazole rings is 1. The second-order valence-corrected chi connectivity index (χ2v) is 6.41. The molecule has 29 heavy (non-hydrogen) atoms. The lowest BCUT2D eigenvalue weighted by Gasteiger charge is -2.10. The van der Waals surface area contributed by atoms with Crippen LogP contribution in [0.15, 0.2) is 73.3 Å². The summed E-state index contributed by atoms with van der Waals surface area (Å²) in [6.45, 7) is 0.902. The normalized spacial score (nSPS) is 10.8. The molecule has 0 aliphatic rings. The Labute approximate surface area is 167 Å². The molecule has 2 heterocycles. The summed E-state index contributed by atoms with van der Waals surface area (Å²) in [6.07, 6.45) is 5.38. The molecule has 0 fully saturated rings. The summed E-state index contributed by atoms with van der Waals surface area (Å²) >= 11 is 0. The predicted molar refractivity (Wildman–Crippen MR) is 108 cm³/mol. The molecule has 0 aliphatic heterocycles. The number of halogens is 1. The highest BCUT2D eigenvalue weighted by atomic mass is 19.1. The standard InChI is InChI=1S/C22H19FN4O2/c23-17-7-9-18(10-8-17)27-15-24-14-19(27)22(28)26-12-3-13-29-20-6-1-4-16-5-2-11-25-21(16)20/h1-2,4-11,14-15H,3,12-13H2,(H,26,28). The third kappa shape index (κ3) is 4.24. The molecule has 0 bridgehead atoms. The van der Waals surface area contributed by atoms with Crippen LogP contribution in [-0.2, 0) is 0 Å². The van der Waals surface area contributed by atoms with E-state index in [9.17, 15) is 9.18 Å². The molecule has 146 valence electrons. The second kappa shape index (κ2) is 8.52. The number of ether oxygens (including phenoxy) is 1. The van der Waals surface area contributed by atoms with Crippen LogP contribution in [-0.4, -0.2) is 33.6 Å². The van der Waals surface area contributed by atoms with Crippen molar-refractivity contribution >= 4 is 16.8 Å². The third-order valence-electron chi connectivity index (χ3n) is 4.44. The topological polar surface area (TPSA) is 69.0 Å². The van der Waals surface area contributed by atoms with Gasteiger partial charge in [0.15, 0.2) is 0 Å². The van der Waals surface area contributed by atoms with Gasteiger partial charge in [-0.05, 0) is 42.8 Å². The summed E-state index contributed by atoms with van der Waals surface area (Å²) in [5.41, 5.74) is 1.87. The molecule has 0 unspecified atom stereocenters. The van der Waals surface area contributed by atoms with E-state index in [0.717, 1.165) is 16.7 Å². The average Bonchev–Trinajstić information content (AvgIpc) is 3.24. The lowest BCUT2D eigenvalue weighted by Crippen LogP contribution is -2.27. The molecule has 1 amide bonds. The van der Waals surface area contributed by atoms with Crippen molar-refractivity contribution in [3.05, 3.63) is 84.8 Å². The number of amides is 1. The molecule has 4 aromatic rings. The maximum absolute atomic E-state index is 13.1. The minimum atomic E-state index is -0.332. The van der Waals surface area contributed by atoms with Crippen molar-refractivity contribution in [3.8, 4) is 11.4 Å². The van der Waals surface area contributed by atoms with Crippen LogP contribution in [0.5, 0.6) is 5.75 Å². The maximum Gasteiger partial charge on any atom is 0.269 e. The molecule has 2 aromatic carbocycles. The molecule has 6 nitrogen and oxygen atoms in total. The summed E-state index contributed by atoms with van der Waals surface area (Å²) in [6, 6.07) is 15.6. The molecule has 0 saturated carbocycles. The first-order chi connectivity index (χ1) is 14.2. The monoisotopic (exact) mass is 390 g/mol. The zero-order valence-electron chi connectivity index (χ0n) is 15.6. The van der Waals surface area contributed by atoms with E-state index in [0.29, 0.717) is 31.0 Å². The number of nitrogens with zero attached hydrogens (tertiary/aromatic N) is 3. The van der Waals surface area contributed by atoms with Gasteiger partial charge < -0.3 is 10.1 Å². The van der Waals surface area contributed by atoms with Crippen molar-refractivity contribution in [2.24, 2.45) is 0 Å². The van der Waals surface area contributed by atoms with E-state index in [4.69, 9.17) is 4.74 Å². The molecule has 0 saturated heterocycles. The summed E-state index contributed by atoms with van der Waals surface area (Å²) in [7, 11) is 0. The summed E-state index contributed by atoms with van der Waals surface area (Å²) in [4.78, 5) is 20.9. The van der Waals surface area contributed by atoms with Crippen molar-refractivity contribution in [2.75, 3.05) is 13.2 Å². The molecule has 0 atom stereocenters. The minimum absolute atomic E-state index is 0.251. The van der Waals surface area contributed by atoms with Gasteiger partial charge in [0.1, 0.15) is 22.8 Å². The highest BCUT2D eigenvalue weighted by molar-refractivity contribution is 5.93. The fourth-order valence-electron chi connectivity index (χ4n) is 3.01. The van der Waals surface area contributed by atoms with E-state index >= 15 is 0 Å². The van der Waals surface area contributed by atoms with Crippen LogP contribution in [0.1, 0.15) is 16.9 Å². The number of fused-ring (bicyclic) bond motifs is 1. The van der Waals surface area contributed by atoms with Crippen molar-refractivity contribution in [1.82, 2.24) is 19.9 Å². The highest BCUT2D eigenvalue weighted by Crippen LogP contribution is 2.22. The largest absolute Gasteiger partial charge is 0.491 e. The van der Waals surface area contributed by atoms with Gasteiger partial charge in [0.2, 0.25) is 0 Å². The Morgan fingerprint density at radius 3 is 2.79 bits per heavy atom. The van der Waals surface area contributed by atoms with Crippen LogP contribution >= 0.6 is 0 Å². The number of nitrogens with one attached hydrogen (secondary N) is 1. The zero-order chi connectivity index (χ0) is 20.1. The first-order valence-corrected chi connectivity index (χ1v) is 9.25. The van der Waals surface area contributed by atoms with Gasteiger partial charge in [0.25, 0.3) is 5.91 Å². The fourth-order valence-corrected chi connectivity index (χ4v) is 3.01. The minimum Gasteiger partial charge on any atom is -0.491 e. The van der Waals surface area contributed by atoms with E-state index in [1.807, 2.05) is 30.3 Å². The smallest absolute Gasteiger partial charge is 0.269 e. The van der Waals surface area contributed by atoms with Crippen molar-refractivity contribution < 1.29 is 13.9 Å². The Kier molecular flexibility index (Phi) is 5.47. The number of benzene rings is 2. The van der Waals surface area contributed by atoms with Gasteiger partial charge >= 0.3 is 0 Å². The predicted octanol–water partition coefficient (Wildman–Crippen LogP) is 3.76. The van der Waals surface area contributed by atoms with Crippen LogP contribution in [0, 0.1) is 5.82 Å². The van der Waals surface area contributed by atoms with Crippen LogP contribution in [0.2, 0.25) is 0 Å². The van der Waals surface area contributed by atoms with Crippen molar-refractivity contribution in [2.45, 2.75) is 6.42 Å². The number of rotatable bonds is 7. The van der Waals surface area contributed by atoms with E-state index in [2.05, 4.69) is 15.3 Å². The molecule has 4 rings (SSSR count). The maximum atomic E-state index is 13.1. The summed E-state index contributed by atoms with van der Waals surface area (Å²) < 4.78 is 20.6. The molecule has 7 heteroatoms. The van der Waals surface area contributed by atoms with Gasteiger partial charge in [-0.2, -0.15) is 0 Å². The molecular formula is C22H19FN4O2. The molecule has 2 aromatic heterocycles. The Morgan fingerprint density at radius 2 is 1.93 bits per heavy atom. The van der Waals surface area contributed by atoms with E-state index in [1.54, 1.807) is 22.9 Å². The Balaban J connectivity index is 1.31. The van der Waals surface area contributed by atoms with Gasteiger partial charge in [-0.1, -0.05) is 18.2 Å². The van der Waals surface area contributed by atoms with E-state index in [1.165, 1.54) is 24.7 Å². The van der Waals surface area contributed by atoms with Crippen molar-refractivity contribution in [3.63, 3.8) is 0 Å². The lowest BCUT2D eigenvalue weighted by atomic mass is 10.2. The van der Waals surface area contributed by atoms with E-state index in [-0.39, 0.29) is 11.7 Å². The van der Waals surface area contributed by atoms with E-state index < -0.39 is 0 Å². The number of aromatic nitrogens is 3. The van der Waals surface area contributed by atoms with Crippen molar-refractivity contribution in [1.29, 1.82) is 0 Å². The number of hydrogen-bond donors (Lipinski definition) is 1. The lowest BCUT2D eigenvalue weighted by molar-refractivity contribution is 0.0944. The Morgan fingerprint density at radius 1 is 1.10 bits per heavy atom. The van der Waals surface area contributed by atoms with Gasteiger partial charge in [-0.3, -0.25) is 14.3 Å². The van der Waals surface area contributed by atoms with Crippen LogP contribution in [0.3, 0.4) is 0 Å². The van der Waals surface area contributed by atoms with Gasteiger partial charge in [0, 0.05) is 23.8 Å². The highest BCUT2D eigenvalue weighted by Gasteiger charge is 2.12. The first-order valence-electron chi connectivity index (χ1n) is 9.25. The van der Waals surface area contributed by atoms with Gasteiger partial charge in [0.05, 0.1) is 19.1 Å². The quantitative estimate of drug-likeness (QED) is 0.488. The number of carbonyl (C=O) groups is 1. The fraction of sp³-hybridized carbons (Fsp3) is 0.136.